The minimum atomic E-state index is -4.27. The summed E-state index contributed by atoms with van der Waals surface area (Å²) in [5.74, 6) is 1.24. The first-order valence-corrected chi connectivity index (χ1v) is 13.3. The minimum Gasteiger partial charge on any atom is -0.470 e. The fourth-order valence-corrected chi connectivity index (χ4v) is 4.39. The summed E-state index contributed by atoms with van der Waals surface area (Å²) < 4.78 is 42.9. The number of pyridine rings is 1. The van der Waals surface area contributed by atoms with Crippen molar-refractivity contribution in [2.75, 3.05) is 31.6 Å². The van der Waals surface area contributed by atoms with Gasteiger partial charge in [0.1, 0.15) is 6.61 Å². The van der Waals surface area contributed by atoms with E-state index in [0.29, 0.717) is 44.2 Å². The van der Waals surface area contributed by atoms with Crippen molar-refractivity contribution >= 4 is 24.4 Å². The van der Waals surface area contributed by atoms with Crippen LogP contribution in [-0.2, 0) is 11.4 Å². The number of carbonyl (C=O) groups is 1. The number of halogens is 3. The Hall–Kier alpha value is -4.41. The monoisotopic (exact) mass is 566 g/mol. The lowest BCUT2D eigenvalue weighted by atomic mass is 10.2. The van der Waals surface area contributed by atoms with Crippen LogP contribution in [0.2, 0.25) is 0 Å². The average Bonchev–Trinajstić information content (AvgIpc) is 3.37. The van der Waals surface area contributed by atoms with Gasteiger partial charge in [0.2, 0.25) is 6.41 Å². The molecule has 1 unspecified atom stereocenters. The van der Waals surface area contributed by atoms with E-state index in [2.05, 4.69) is 27.4 Å². The summed E-state index contributed by atoms with van der Waals surface area (Å²) in [6.07, 6.45) is 14.9. The second-order valence-electron chi connectivity index (χ2n) is 9.62. The SMILES string of the molecule is CC1CN(c2nc3c(nc2OCc2ccncc2)C=CCC=C3)CCN1C=O.CNC1=CC(C(F)(F)F)=CC=CC1. The third-order valence-corrected chi connectivity index (χ3v) is 6.69. The molecule has 216 valence electrons. The third-order valence-electron chi connectivity index (χ3n) is 6.69. The molecule has 8 nitrogen and oxygen atoms in total. The first kappa shape index (κ1) is 29.6. The molecule has 2 aliphatic carbocycles. The Bertz CT molecular complexity index is 1350. The normalized spacial score (nSPS) is 18.2. The zero-order valence-corrected chi connectivity index (χ0v) is 23.0. The van der Waals surface area contributed by atoms with Crippen molar-refractivity contribution in [1.29, 1.82) is 0 Å². The van der Waals surface area contributed by atoms with Crippen molar-refractivity contribution in [2.45, 2.75) is 38.6 Å². The number of rotatable bonds is 6. The molecule has 0 radical (unpaired) electrons. The topological polar surface area (TPSA) is 83.5 Å². The number of alkyl halides is 3. The predicted octanol–water partition coefficient (Wildman–Crippen LogP) is 5.09. The highest BCUT2D eigenvalue weighted by Gasteiger charge is 2.32. The highest BCUT2D eigenvalue weighted by atomic mass is 19.4. The highest BCUT2D eigenvalue weighted by molar-refractivity contribution is 5.66. The summed E-state index contributed by atoms with van der Waals surface area (Å²) in [7, 11) is 1.61. The lowest BCUT2D eigenvalue weighted by Crippen LogP contribution is -2.51. The molecule has 11 heteroatoms. The zero-order chi connectivity index (χ0) is 29.2. The molecule has 0 bridgehead atoms. The Morgan fingerprint density at radius 1 is 1.10 bits per heavy atom. The van der Waals surface area contributed by atoms with E-state index in [4.69, 9.17) is 14.7 Å². The highest BCUT2D eigenvalue weighted by Crippen LogP contribution is 2.30. The van der Waals surface area contributed by atoms with Crippen LogP contribution in [0.5, 0.6) is 5.88 Å². The number of hydrogen-bond donors (Lipinski definition) is 1. The molecule has 5 rings (SSSR count). The fourth-order valence-electron chi connectivity index (χ4n) is 4.39. The summed E-state index contributed by atoms with van der Waals surface area (Å²) in [5.41, 5.74) is 2.61. The van der Waals surface area contributed by atoms with Gasteiger partial charge < -0.3 is 19.9 Å². The van der Waals surface area contributed by atoms with Gasteiger partial charge in [-0.3, -0.25) is 9.78 Å². The largest absolute Gasteiger partial charge is 0.470 e. The van der Waals surface area contributed by atoms with Gasteiger partial charge in [-0.1, -0.05) is 30.4 Å². The predicted molar refractivity (Wildman–Crippen MR) is 153 cm³/mol. The number of aromatic nitrogens is 3. The number of nitrogens with zero attached hydrogens (tertiary/aromatic N) is 5. The number of ether oxygens (including phenoxy) is 1. The summed E-state index contributed by atoms with van der Waals surface area (Å²) in [6.45, 7) is 4.48. The van der Waals surface area contributed by atoms with E-state index in [-0.39, 0.29) is 6.04 Å². The summed E-state index contributed by atoms with van der Waals surface area (Å²) in [6, 6.07) is 3.95. The van der Waals surface area contributed by atoms with Gasteiger partial charge in [-0.05, 0) is 49.3 Å². The van der Waals surface area contributed by atoms with Crippen molar-refractivity contribution in [2.24, 2.45) is 0 Å². The number of carbonyl (C=O) groups excluding carboxylic acids is 1. The summed E-state index contributed by atoms with van der Waals surface area (Å²) >= 11 is 0. The first-order chi connectivity index (χ1) is 19.8. The standard InChI is InChI=1S/C21H23N5O2.C9H10F3N/c1-16-13-25(11-12-26(16)15-27)20-21(28-14-17-7-9-22-10-8-17)24-19-6-4-2-3-5-18(19)23-20;1-13-8-5-3-2-4-7(6-8)9(10,11)12/h3-10,15-16H,2,11-14H2,1H3;2-4,6,13H,5H2,1H3. The van der Waals surface area contributed by atoms with Crippen LogP contribution in [0.1, 0.15) is 36.7 Å². The van der Waals surface area contributed by atoms with Gasteiger partial charge in [0.15, 0.2) is 5.82 Å². The second-order valence-corrected chi connectivity index (χ2v) is 9.62. The number of hydrogen-bond acceptors (Lipinski definition) is 7. The molecule has 0 spiro atoms. The lowest BCUT2D eigenvalue weighted by Gasteiger charge is -2.38. The second kappa shape index (κ2) is 13.8. The maximum Gasteiger partial charge on any atom is 0.416 e. The van der Waals surface area contributed by atoms with Gasteiger partial charge in [-0.2, -0.15) is 13.2 Å². The Morgan fingerprint density at radius 2 is 1.83 bits per heavy atom. The van der Waals surface area contributed by atoms with Crippen LogP contribution in [0.25, 0.3) is 12.2 Å². The summed E-state index contributed by atoms with van der Waals surface area (Å²) in [5, 5.41) is 2.72. The number of anilines is 1. The molecule has 3 aliphatic rings. The fraction of sp³-hybridized carbons (Fsp3) is 0.333. The molecule has 0 saturated carbocycles. The van der Waals surface area contributed by atoms with Crippen LogP contribution < -0.4 is 15.0 Å². The van der Waals surface area contributed by atoms with E-state index in [1.54, 1.807) is 25.5 Å². The van der Waals surface area contributed by atoms with Gasteiger partial charge >= 0.3 is 6.18 Å². The molecule has 2 aromatic heterocycles. The van der Waals surface area contributed by atoms with E-state index in [1.165, 1.54) is 6.08 Å². The molecule has 1 N–H and O–H groups in total. The number of piperazine rings is 1. The van der Waals surface area contributed by atoms with Gasteiger partial charge in [0, 0.05) is 57.2 Å². The maximum atomic E-state index is 12.3. The molecular weight excluding hydrogens is 533 g/mol. The minimum absolute atomic E-state index is 0.107. The van der Waals surface area contributed by atoms with E-state index in [0.717, 1.165) is 47.8 Å². The smallest absolute Gasteiger partial charge is 0.416 e. The van der Waals surface area contributed by atoms with Gasteiger partial charge in [-0.25, -0.2) is 9.97 Å². The van der Waals surface area contributed by atoms with E-state index in [9.17, 15) is 18.0 Å². The van der Waals surface area contributed by atoms with Crippen molar-refractivity contribution in [1.82, 2.24) is 25.2 Å². The number of nitrogens with one attached hydrogen (secondary N) is 1. The molecule has 0 aromatic carbocycles. The molecule has 1 fully saturated rings. The van der Waals surface area contributed by atoms with Crippen LogP contribution >= 0.6 is 0 Å². The Labute approximate surface area is 237 Å². The van der Waals surface area contributed by atoms with Crippen LogP contribution in [-0.4, -0.2) is 65.2 Å². The molecular formula is C30H33F3N6O2. The van der Waals surface area contributed by atoms with Gasteiger partial charge in [0.05, 0.1) is 17.0 Å². The molecule has 1 amide bonds. The summed E-state index contributed by atoms with van der Waals surface area (Å²) in [4.78, 5) is 28.9. The molecule has 1 saturated heterocycles. The molecule has 1 aliphatic heterocycles. The molecule has 1 atom stereocenters. The Morgan fingerprint density at radius 3 is 2.49 bits per heavy atom. The third kappa shape index (κ3) is 8.06. The van der Waals surface area contributed by atoms with Crippen molar-refractivity contribution in [3.63, 3.8) is 0 Å². The van der Waals surface area contributed by atoms with Crippen molar-refractivity contribution < 1.29 is 22.7 Å². The van der Waals surface area contributed by atoms with Crippen LogP contribution in [0.4, 0.5) is 19.0 Å². The van der Waals surface area contributed by atoms with Crippen molar-refractivity contribution in [3.8, 4) is 5.88 Å². The quantitative estimate of drug-likeness (QED) is 0.488. The number of fused-ring (bicyclic) bond motifs is 1. The first-order valence-electron chi connectivity index (χ1n) is 13.3. The van der Waals surface area contributed by atoms with Gasteiger partial charge in [0.25, 0.3) is 5.88 Å². The van der Waals surface area contributed by atoms with E-state index < -0.39 is 11.7 Å². The van der Waals surface area contributed by atoms with Crippen molar-refractivity contribution in [3.05, 3.63) is 89.2 Å². The number of amides is 1. The van der Waals surface area contributed by atoms with Crippen LogP contribution in [0.3, 0.4) is 0 Å². The molecule has 41 heavy (non-hydrogen) atoms. The molecule has 2 aromatic rings. The van der Waals surface area contributed by atoms with Crippen LogP contribution in [0.15, 0.2) is 72.3 Å². The lowest BCUT2D eigenvalue weighted by molar-refractivity contribution is -0.120. The zero-order valence-electron chi connectivity index (χ0n) is 23.0. The number of allylic oxidation sites excluding steroid dienone is 7. The maximum absolute atomic E-state index is 12.3. The van der Waals surface area contributed by atoms with E-state index in [1.807, 2.05) is 36.1 Å². The van der Waals surface area contributed by atoms with E-state index >= 15 is 0 Å². The van der Waals surface area contributed by atoms with Gasteiger partial charge in [-0.15, -0.1) is 0 Å². The molecule has 3 heterocycles. The van der Waals surface area contributed by atoms with Crippen LogP contribution in [0, 0.1) is 0 Å². The Balaban J connectivity index is 0.000000251. The Kier molecular flexibility index (Phi) is 9.94. The average molecular weight is 567 g/mol.